The van der Waals surface area contributed by atoms with Crippen molar-refractivity contribution < 1.29 is 9.53 Å². The molecule has 106 valence electrons. The molecule has 0 bridgehead atoms. The molecule has 1 unspecified atom stereocenters. The smallest absolute Gasteiger partial charge is 0.258 e. The molecule has 0 heterocycles. The molecule has 0 spiro atoms. The third-order valence-electron chi connectivity index (χ3n) is 2.72. The second-order valence-electron chi connectivity index (χ2n) is 4.39. The first-order valence-electron chi connectivity index (χ1n) is 6.53. The number of hydrogen-bond donors (Lipinski definition) is 2. The van der Waals surface area contributed by atoms with Crippen LogP contribution in [0.5, 0.6) is 5.75 Å². The van der Waals surface area contributed by atoms with E-state index in [1.54, 1.807) is 24.3 Å². The van der Waals surface area contributed by atoms with Crippen LogP contribution in [0.2, 0.25) is 5.02 Å². The summed E-state index contributed by atoms with van der Waals surface area (Å²) < 4.78 is 5.36. The molecule has 0 saturated carbocycles. The van der Waals surface area contributed by atoms with Crippen molar-refractivity contribution in [2.75, 3.05) is 13.2 Å². The molecule has 0 fully saturated rings. The van der Waals surface area contributed by atoms with Crippen molar-refractivity contribution in [3.8, 4) is 5.75 Å². The number of nitrogens with one attached hydrogen (secondary N) is 1. The van der Waals surface area contributed by atoms with Gasteiger partial charge in [-0.3, -0.25) is 4.79 Å². The van der Waals surface area contributed by atoms with Gasteiger partial charge in [0.05, 0.1) is 0 Å². The zero-order chi connectivity index (χ0) is 14.1. The number of halogens is 1. The van der Waals surface area contributed by atoms with Gasteiger partial charge in [0.15, 0.2) is 6.61 Å². The van der Waals surface area contributed by atoms with E-state index < -0.39 is 0 Å². The van der Waals surface area contributed by atoms with Gasteiger partial charge in [-0.25, -0.2) is 0 Å². The Balaban J connectivity index is 2.34. The summed E-state index contributed by atoms with van der Waals surface area (Å²) in [4.78, 5) is 11.7. The molecule has 0 aliphatic rings. The summed E-state index contributed by atoms with van der Waals surface area (Å²) in [6.45, 7) is 2.53. The molecule has 0 aromatic heterocycles. The SMILES string of the molecule is CCCCC(CN)NC(=O)COc1cccc(Cl)c1. The number of ether oxygens (including phenoxy) is 1. The molecule has 0 aliphatic heterocycles. The van der Waals surface area contributed by atoms with Crippen LogP contribution in [0.15, 0.2) is 24.3 Å². The summed E-state index contributed by atoms with van der Waals surface area (Å²) >= 11 is 5.83. The van der Waals surface area contributed by atoms with Gasteiger partial charge in [0.1, 0.15) is 5.75 Å². The van der Waals surface area contributed by atoms with E-state index in [9.17, 15) is 4.79 Å². The standard InChI is InChI=1S/C14H21ClN2O2/c1-2-3-6-12(9-16)17-14(18)10-19-13-7-4-5-11(15)8-13/h4-5,7-8,12H,2-3,6,9-10,16H2,1H3,(H,17,18). The highest BCUT2D eigenvalue weighted by atomic mass is 35.5. The van der Waals surface area contributed by atoms with Crippen molar-refractivity contribution in [3.63, 3.8) is 0 Å². The minimum absolute atomic E-state index is 0.0235. The van der Waals surface area contributed by atoms with Crippen molar-refractivity contribution >= 4 is 17.5 Å². The third-order valence-corrected chi connectivity index (χ3v) is 2.96. The zero-order valence-corrected chi connectivity index (χ0v) is 12.0. The maximum Gasteiger partial charge on any atom is 0.258 e. The average Bonchev–Trinajstić information content (AvgIpc) is 2.41. The van der Waals surface area contributed by atoms with E-state index >= 15 is 0 Å². The predicted molar refractivity (Wildman–Crippen MR) is 77.5 cm³/mol. The maximum absolute atomic E-state index is 11.7. The van der Waals surface area contributed by atoms with Crippen LogP contribution in [0.25, 0.3) is 0 Å². The van der Waals surface area contributed by atoms with Crippen LogP contribution in [-0.2, 0) is 4.79 Å². The highest BCUT2D eigenvalue weighted by Gasteiger charge is 2.10. The van der Waals surface area contributed by atoms with Crippen molar-refractivity contribution in [1.82, 2.24) is 5.32 Å². The zero-order valence-electron chi connectivity index (χ0n) is 11.2. The molecular weight excluding hydrogens is 264 g/mol. The lowest BCUT2D eigenvalue weighted by Crippen LogP contribution is -2.42. The first-order chi connectivity index (χ1) is 9.15. The molecule has 3 N–H and O–H groups in total. The van der Waals surface area contributed by atoms with E-state index in [2.05, 4.69) is 12.2 Å². The number of carbonyl (C=O) groups is 1. The van der Waals surface area contributed by atoms with Crippen LogP contribution in [-0.4, -0.2) is 25.1 Å². The summed E-state index contributed by atoms with van der Waals surface area (Å²) in [6, 6.07) is 6.99. The van der Waals surface area contributed by atoms with Gasteiger partial charge in [0.25, 0.3) is 5.91 Å². The lowest BCUT2D eigenvalue weighted by molar-refractivity contribution is -0.123. The minimum Gasteiger partial charge on any atom is -0.484 e. The molecule has 1 aromatic rings. The maximum atomic E-state index is 11.7. The molecule has 1 amide bonds. The highest BCUT2D eigenvalue weighted by Crippen LogP contribution is 2.16. The minimum atomic E-state index is -0.161. The van der Waals surface area contributed by atoms with E-state index in [1.807, 2.05) is 0 Å². The van der Waals surface area contributed by atoms with Gasteiger partial charge in [0.2, 0.25) is 0 Å². The number of benzene rings is 1. The van der Waals surface area contributed by atoms with E-state index in [0.29, 0.717) is 17.3 Å². The molecule has 5 heteroatoms. The van der Waals surface area contributed by atoms with Crippen LogP contribution < -0.4 is 15.8 Å². The van der Waals surface area contributed by atoms with Gasteiger partial charge >= 0.3 is 0 Å². The lowest BCUT2D eigenvalue weighted by Gasteiger charge is -2.16. The Labute approximate surface area is 119 Å². The summed E-state index contributed by atoms with van der Waals surface area (Å²) in [7, 11) is 0. The Morgan fingerprint density at radius 3 is 2.95 bits per heavy atom. The van der Waals surface area contributed by atoms with Crippen LogP contribution >= 0.6 is 11.6 Å². The average molecular weight is 285 g/mol. The molecule has 19 heavy (non-hydrogen) atoms. The quantitative estimate of drug-likeness (QED) is 0.770. The Morgan fingerprint density at radius 2 is 2.32 bits per heavy atom. The summed E-state index contributed by atoms with van der Waals surface area (Å²) in [5, 5.41) is 3.45. The summed E-state index contributed by atoms with van der Waals surface area (Å²) in [5.74, 6) is 0.423. The lowest BCUT2D eigenvalue weighted by atomic mass is 10.1. The summed E-state index contributed by atoms with van der Waals surface area (Å²) in [5.41, 5.74) is 5.62. The molecular formula is C14H21ClN2O2. The van der Waals surface area contributed by atoms with Crippen molar-refractivity contribution in [2.24, 2.45) is 5.73 Å². The largest absolute Gasteiger partial charge is 0.484 e. The van der Waals surface area contributed by atoms with Crippen LogP contribution in [0.4, 0.5) is 0 Å². The number of hydrogen-bond acceptors (Lipinski definition) is 3. The molecule has 0 aliphatic carbocycles. The normalized spacial score (nSPS) is 11.9. The van der Waals surface area contributed by atoms with Gasteiger partial charge in [-0.2, -0.15) is 0 Å². The van der Waals surface area contributed by atoms with Crippen LogP contribution in [0.3, 0.4) is 0 Å². The van der Waals surface area contributed by atoms with Crippen molar-refractivity contribution in [1.29, 1.82) is 0 Å². The monoisotopic (exact) mass is 284 g/mol. The van der Waals surface area contributed by atoms with Gasteiger partial charge in [0, 0.05) is 17.6 Å². The fourth-order valence-electron chi connectivity index (χ4n) is 1.67. The number of nitrogens with two attached hydrogens (primary N) is 1. The number of amides is 1. The fourth-order valence-corrected chi connectivity index (χ4v) is 1.85. The van der Waals surface area contributed by atoms with Gasteiger partial charge in [-0.1, -0.05) is 37.4 Å². The molecule has 1 aromatic carbocycles. The highest BCUT2D eigenvalue weighted by molar-refractivity contribution is 6.30. The second kappa shape index (κ2) is 8.77. The second-order valence-corrected chi connectivity index (χ2v) is 4.82. The fraction of sp³-hybridized carbons (Fsp3) is 0.500. The summed E-state index contributed by atoms with van der Waals surface area (Å²) in [6.07, 6.45) is 3.04. The molecule has 1 atom stereocenters. The first kappa shape index (κ1) is 15.8. The Morgan fingerprint density at radius 1 is 1.53 bits per heavy atom. The third kappa shape index (κ3) is 6.45. The van der Waals surface area contributed by atoms with Crippen molar-refractivity contribution in [3.05, 3.63) is 29.3 Å². The Hall–Kier alpha value is -1.26. The van der Waals surface area contributed by atoms with Gasteiger partial charge in [-0.15, -0.1) is 0 Å². The van der Waals surface area contributed by atoms with E-state index in [0.717, 1.165) is 19.3 Å². The number of unbranched alkanes of at least 4 members (excludes halogenated alkanes) is 1. The van der Waals surface area contributed by atoms with Crippen LogP contribution in [0.1, 0.15) is 26.2 Å². The number of carbonyl (C=O) groups excluding carboxylic acids is 1. The molecule has 0 radical (unpaired) electrons. The molecule has 1 rings (SSSR count). The predicted octanol–water partition coefficient (Wildman–Crippen LogP) is 2.35. The molecule has 4 nitrogen and oxygen atoms in total. The topological polar surface area (TPSA) is 64.3 Å². The Bertz CT molecular complexity index is 399. The van der Waals surface area contributed by atoms with Crippen LogP contribution in [0, 0.1) is 0 Å². The first-order valence-corrected chi connectivity index (χ1v) is 6.91. The van der Waals surface area contributed by atoms with Crippen molar-refractivity contribution in [2.45, 2.75) is 32.2 Å². The Kier molecular flexibility index (Phi) is 7.30. The van der Waals surface area contributed by atoms with E-state index in [4.69, 9.17) is 22.1 Å². The van der Waals surface area contributed by atoms with E-state index in [1.165, 1.54) is 0 Å². The molecule has 0 saturated heterocycles. The number of rotatable bonds is 8. The van der Waals surface area contributed by atoms with E-state index in [-0.39, 0.29) is 18.6 Å². The van der Waals surface area contributed by atoms with Gasteiger partial charge in [-0.05, 0) is 24.6 Å². The van der Waals surface area contributed by atoms with Gasteiger partial charge < -0.3 is 15.8 Å².